The van der Waals surface area contributed by atoms with Crippen LogP contribution in [0.2, 0.25) is 0 Å². The molecule has 1 saturated heterocycles. The summed E-state index contributed by atoms with van der Waals surface area (Å²) in [5, 5.41) is 0. The summed E-state index contributed by atoms with van der Waals surface area (Å²) in [5.74, 6) is 0. The Hall–Kier alpha value is -1.58. The largest absolute Gasteiger partial charge is 0.372 e. The molecule has 1 atom stereocenters. The topological polar surface area (TPSA) is 12.5 Å². The van der Waals surface area contributed by atoms with E-state index in [-0.39, 0.29) is 6.10 Å². The van der Waals surface area contributed by atoms with Crippen LogP contribution in [0.3, 0.4) is 0 Å². The number of ether oxygens (including phenoxy) is 1. The van der Waals surface area contributed by atoms with Crippen LogP contribution in [0.25, 0.3) is 0 Å². The van der Waals surface area contributed by atoms with Gasteiger partial charge in [-0.15, -0.1) is 0 Å². The zero-order valence-corrected chi connectivity index (χ0v) is 12.2. The molecule has 0 N–H and O–H groups in total. The second-order valence-electron chi connectivity index (χ2n) is 5.58. The quantitative estimate of drug-likeness (QED) is 0.799. The summed E-state index contributed by atoms with van der Waals surface area (Å²) in [6.07, 6.45) is 1.21. The zero-order valence-electron chi connectivity index (χ0n) is 12.2. The highest BCUT2D eigenvalue weighted by molar-refractivity contribution is 6.32. The van der Waals surface area contributed by atoms with E-state index in [1.54, 1.807) is 0 Å². The highest BCUT2D eigenvalue weighted by Crippen LogP contribution is 2.23. The predicted molar refractivity (Wildman–Crippen MR) is 86.9 cm³/mol. The van der Waals surface area contributed by atoms with Crippen LogP contribution in [0.4, 0.5) is 0 Å². The van der Waals surface area contributed by atoms with Crippen LogP contribution in [-0.4, -0.2) is 32.4 Å². The van der Waals surface area contributed by atoms with Crippen LogP contribution in [0, 0.1) is 0 Å². The van der Waals surface area contributed by atoms with Crippen molar-refractivity contribution >= 4 is 13.3 Å². The van der Waals surface area contributed by atoms with E-state index in [1.807, 2.05) is 12.1 Å². The Morgan fingerprint density at radius 2 is 1.76 bits per heavy atom. The Kier molecular flexibility index (Phi) is 4.74. The van der Waals surface area contributed by atoms with E-state index in [2.05, 4.69) is 47.4 Å². The smallest absolute Gasteiger partial charge is 0.113 e. The average Bonchev–Trinajstić information content (AvgIpc) is 2.75. The maximum atomic E-state index is 6.01. The molecule has 2 aromatic rings. The van der Waals surface area contributed by atoms with Gasteiger partial charge >= 0.3 is 0 Å². The molecule has 1 unspecified atom stereocenters. The van der Waals surface area contributed by atoms with Gasteiger partial charge in [0.15, 0.2) is 0 Å². The highest BCUT2D eigenvalue weighted by atomic mass is 16.5. The van der Waals surface area contributed by atoms with Crippen molar-refractivity contribution in [2.75, 3.05) is 19.7 Å². The fourth-order valence-corrected chi connectivity index (χ4v) is 2.79. The van der Waals surface area contributed by atoms with Crippen molar-refractivity contribution in [3.8, 4) is 0 Å². The van der Waals surface area contributed by atoms with Gasteiger partial charge in [-0.25, -0.2) is 0 Å². The van der Waals surface area contributed by atoms with Crippen LogP contribution in [0.1, 0.15) is 23.7 Å². The molecule has 1 fully saturated rings. The highest BCUT2D eigenvalue weighted by Gasteiger charge is 2.18. The molecule has 2 radical (unpaired) electrons. The molecule has 1 aliphatic rings. The molecule has 0 spiro atoms. The van der Waals surface area contributed by atoms with Gasteiger partial charge in [0.05, 0.1) is 12.7 Å². The fraction of sp³-hybridized carbons (Fsp3) is 0.333. The first-order valence-electron chi connectivity index (χ1n) is 7.54. The first-order chi connectivity index (χ1) is 10.3. The summed E-state index contributed by atoms with van der Waals surface area (Å²) in [6, 6.07) is 18.7. The van der Waals surface area contributed by atoms with Crippen LogP contribution >= 0.6 is 0 Å². The molecule has 0 bridgehead atoms. The van der Waals surface area contributed by atoms with Gasteiger partial charge in [0, 0.05) is 19.6 Å². The summed E-state index contributed by atoms with van der Waals surface area (Å²) < 4.78 is 6.01. The minimum atomic E-state index is 0.186. The summed E-state index contributed by atoms with van der Waals surface area (Å²) in [6.45, 7) is 3.82. The first-order valence-corrected chi connectivity index (χ1v) is 7.54. The van der Waals surface area contributed by atoms with Crippen molar-refractivity contribution in [2.24, 2.45) is 0 Å². The van der Waals surface area contributed by atoms with Crippen molar-refractivity contribution in [1.82, 2.24) is 4.90 Å². The Labute approximate surface area is 128 Å². The molecule has 3 rings (SSSR count). The van der Waals surface area contributed by atoms with Crippen LogP contribution in [-0.2, 0) is 11.3 Å². The van der Waals surface area contributed by atoms with Gasteiger partial charge in [-0.1, -0.05) is 60.1 Å². The van der Waals surface area contributed by atoms with Crippen molar-refractivity contribution in [3.63, 3.8) is 0 Å². The lowest BCUT2D eigenvalue weighted by Crippen LogP contribution is -2.25. The maximum Gasteiger partial charge on any atom is 0.113 e. The third-order valence-electron chi connectivity index (χ3n) is 3.99. The Bertz CT molecular complexity index is 555. The van der Waals surface area contributed by atoms with Gasteiger partial charge in [0.1, 0.15) is 7.85 Å². The summed E-state index contributed by atoms with van der Waals surface area (Å²) in [7, 11) is 5.75. The van der Waals surface area contributed by atoms with Crippen molar-refractivity contribution in [3.05, 3.63) is 65.7 Å². The molecule has 1 heterocycles. The summed E-state index contributed by atoms with van der Waals surface area (Å²) in [5.41, 5.74) is 3.40. The van der Waals surface area contributed by atoms with Gasteiger partial charge in [0.2, 0.25) is 0 Å². The Morgan fingerprint density at radius 3 is 2.52 bits per heavy atom. The summed E-state index contributed by atoms with van der Waals surface area (Å²) >= 11 is 0. The Morgan fingerprint density at radius 1 is 1.00 bits per heavy atom. The SMILES string of the molecule is [B]c1ccc(C2CCN(Cc3ccccc3)CCO2)cc1. The second kappa shape index (κ2) is 6.92. The lowest BCUT2D eigenvalue weighted by molar-refractivity contribution is 0.0616. The number of benzene rings is 2. The number of hydrogen-bond acceptors (Lipinski definition) is 2. The normalized spacial score (nSPS) is 20.1. The number of hydrogen-bond donors (Lipinski definition) is 0. The zero-order chi connectivity index (χ0) is 14.5. The Balaban J connectivity index is 1.60. The van der Waals surface area contributed by atoms with Crippen molar-refractivity contribution in [2.45, 2.75) is 19.1 Å². The molecule has 106 valence electrons. The molecular weight excluding hydrogens is 257 g/mol. The molecule has 21 heavy (non-hydrogen) atoms. The number of rotatable bonds is 3. The van der Waals surface area contributed by atoms with E-state index in [1.165, 1.54) is 11.1 Å². The molecule has 2 nitrogen and oxygen atoms in total. The first kappa shape index (κ1) is 14.4. The second-order valence-corrected chi connectivity index (χ2v) is 5.58. The lowest BCUT2D eigenvalue weighted by atomic mass is 9.94. The van der Waals surface area contributed by atoms with E-state index >= 15 is 0 Å². The van der Waals surface area contributed by atoms with Gasteiger partial charge in [-0.05, 0) is 17.5 Å². The molecule has 3 heteroatoms. The minimum absolute atomic E-state index is 0.186. The lowest BCUT2D eigenvalue weighted by Gasteiger charge is -2.19. The summed E-state index contributed by atoms with van der Waals surface area (Å²) in [4.78, 5) is 2.46. The van der Waals surface area contributed by atoms with E-state index in [0.717, 1.165) is 38.1 Å². The van der Waals surface area contributed by atoms with Crippen LogP contribution in [0.15, 0.2) is 54.6 Å². The molecule has 0 aliphatic carbocycles. The van der Waals surface area contributed by atoms with Gasteiger partial charge in [0.25, 0.3) is 0 Å². The minimum Gasteiger partial charge on any atom is -0.372 e. The molecule has 0 saturated carbocycles. The fourth-order valence-electron chi connectivity index (χ4n) is 2.79. The van der Waals surface area contributed by atoms with Crippen molar-refractivity contribution in [1.29, 1.82) is 0 Å². The van der Waals surface area contributed by atoms with Gasteiger partial charge in [-0.3, -0.25) is 4.90 Å². The molecule has 2 aromatic carbocycles. The standard InChI is InChI=1S/C18H20BNO/c19-17-8-6-16(7-9-17)18-10-11-20(12-13-21-18)14-15-4-2-1-3-5-15/h1-9,18H,10-14H2. The molecule has 1 aliphatic heterocycles. The van der Waals surface area contributed by atoms with Crippen molar-refractivity contribution < 1.29 is 4.74 Å². The van der Waals surface area contributed by atoms with Crippen LogP contribution < -0.4 is 5.46 Å². The number of nitrogens with zero attached hydrogens (tertiary/aromatic N) is 1. The van der Waals surface area contributed by atoms with E-state index < -0.39 is 0 Å². The third kappa shape index (κ3) is 3.96. The van der Waals surface area contributed by atoms with Crippen LogP contribution in [0.5, 0.6) is 0 Å². The van der Waals surface area contributed by atoms with Gasteiger partial charge in [-0.2, -0.15) is 0 Å². The monoisotopic (exact) mass is 277 g/mol. The van der Waals surface area contributed by atoms with E-state index in [9.17, 15) is 0 Å². The third-order valence-corrected chi connectivity index (χ3v) is 3.99. The predicted octanol–water partition coefficient (Wildman–Crippen LogP) is 2.44. The van der Waals surface area contributed by atoms with E-state index in [0.29, 0.717) is 0 Å². The molecular formula is C18H20BNO. The van der Waals surface area contributed by atoms with Gasteiger partial charge < -0.3 is 4.74 Å². The maximum absolute atomic E-state index is 6.01. The molecule has 0 amide bonds. The van der Waals surface area contributed by atoms with E-state index in [4.69, 9.17) is 12.6 Å². The molecule has 0 aromatic heterocycles. The average molecular weight is 277 g/mol.